The first-order valence-electron chi connectivity index (χ1n) is 8.44. The summed E-state index contributed by atoms with van der Waals surface area (Å²) in [6.45, 7) is 2.07. The summed E-state index contributed by atoms with van der Waals surface area (Å²) in [6.07, 6.45) is 3.18. The molecule has 4 rings (SSSR count). The molecule has 2 aliphatic heterocycles. The molecule has 0 atom stereocenters. The highest BCUT2D eigenvalue weighted by atomic mass is 79.9. The van der Waals surface area contributed by atoms with E-state index in [1.807, 2.05) is 0 Å². The van der Waals surface area contributed by atoms with E-state index in [4.69, 9.17) is 18.6 Å². The fraction of sp³-hybridized carbons (Fsp3) is 0.200. The second-order valence-corrected chi connectivity index (χ2v) is 7.06. The summed E-state index contributed by atoms with van der Waals surface area (Å²) < 4.78 is 21.7. The SMILES string of the molecule is COC(=O)C1=C(C)N(Cc2ccco2)C(=O)C1=Cc1cc2c(cc1Br)OCO2. The monoisotopic (exact) mass is 445 g/mol. The number of amides is 1. The van der Waals surface area contributed by atoms with Gasteiger partial charge in [0.1, 0.15) is 5.76 Å². The number of carbonyl (C=O) groups is 2. The maximum atomic E-state index is 13.1. The van der Waals surface area contributed by atoms with Gasteiger partial charge in [0.2, 0.25) is 6.79 Å². The van der Waals surface area contributed by atoms with Crippen LogP contribution in [0.25, 0.3) is 6.08 Å². The minimum Gasteiger partial charge on any atom is -0.467 e. The molecule has 0 saturated heterocycles. The van der Waals surface area contributed by atoms with Gasteiger partial charge in [0.15, 0.2) is 11.5 Å². The molecule has 0 N–H and O–H groups in total. The third-order valence-corrected chi connectivity index (χ3v) is 5.27. The Morgan fingerprint density at radius 3 is 2.75 bits per heavy atom. The molecular formula is C20H16BrNO6. The van der Waals surface area contributed by atoms with Crippen LogP contribution in [-0.2, 0) is 20.9 Å². The van der Waals surface area contributed by atoms with Crippen molar-refractivity contribution in [2.45, 2.75) is 13.5 Å². The van der Waals surface area contributed by atoms with Crippen LogP contribution in [0.5, 0.6) is 11.5 Å². The standard InChI is InChI=1S/C20H16BrNO6/c1-11-18(20(24)25-2)14(19(23)22(11)9-13-4-3-5-26-13)6-12-7-16-17(8-15(12)21)28-10-27-16/h3-8H,9-10H2,1-2H3. The lowest BCUT2D eigenvalue weighted by molar-refractivity contribution is -0.136. The molecular weight excluding hydrogens is 430 g/mol. The van der Waals surface area contributed by atoms with Crippen molar-refractivity contribution in [3.8, 4) is 11.5 Å². The van der Waals surface area contributed by atoms with Crippen LogP contribution in [0.2, 0.25) is 0 Å². The molecule has 0 fully saturated rings. The summed E-state index contributed by atoms with van der Waals surface area (Å²) in [4.78, 5) is 27.0. The third-order valence-electron chi connectivity index (χ3n) is 4.59. The third kappa shape index (κ3) is 3.09. The van der Waals surface area contributed by atoms with Gasteiger partial charge in [-0.05, 0) is 42.8 Å². The van der Waals surface area contributed by atoms with Gasteiger partial charge in [-0.2, -0.15) is 0 Å². The van der Waals surface area contributed by atoms with Crippen LogP contribution < -0.4 is 9.47 Å². The van der Waals surface area contributed by atoms with Crippen molar-refractivity contribution < 1.29 is 28.2 Å². The van der Waals surface area contributed by atoms with Crippen molar-refractivity contribution in [2.75, 3.05) is 13.9 Å². The van der Waals surface area contributed by atoms with E-state index < -0.39 is 5.97 Å². The molecule has 2 aliphatic rings. The number of halogens is 1. The summed E-state index contributed by atoms with van der Waals surface area (Å²) >= 11 is 3.48. The minimum absolute atomic E-state index is 0.143. The Labute approximate surface area is 169 Å². The second-order valence-electron chi connectivity index (χ2n) is 6.21. The number of nitrogens with zero attached hydrogens (tertiary/aromatic N) is 1. The van der Waals surface area contributed by atoms with E-state index in [2.05, 4.69) is 15.9 Å². The van der Waals surface area contributed by atoms with E-state index in [1.165, 1.54) is 18.3 Å². The zero-order valence-electron chi connectivity index (χ0n) is 15.2. The van der Waals surface area contributed by atoms with E-state index >= 15 is 0 Å². The van der Waals surface area contributed by atoms with Gasteiger partial charge >= 0.3 is 5.97 Å². The molecule has 8 heteroatoms. The summed E-state index contributed by atoms with van der Waals surface area (Å²) in [5, 5.41) is 0. The second kappa shape index (κ2) is 7.20. The number of carbonyl (C=O) groups excluding carboxylic acids is 2. The van der Waals surface area contributed by atoms with Gasteiger partial charge in [0.25, 0.3) is 5.91 Å². The average Bonchev–Trinajstić information content (AvgIpc) is 3.39. The Balaban J connectivity index is 1.77. The molecule has 7 nitrogen and oxygen atoms in total. The van der Waals surface area contributed by atoms with E-state index in [-0.39, 0.29) is 30.4 Å². The fourth-order valence-electron chi connectivity index (χ4n) is 3.18. The van der Waals surface area contributed by atoms with Crippen molar-refractivity contribution in [1.29, 1.82) is 0 Å². The maximum absolute atomic E-state index is 13.1. The molecule has 1 aromatic carbocycles. The van der Waals surface area contributed by atoms with Gasteiger partial charge in [-0.15, -0.1) is 0 Å². The lowest BCUT2D eigenvalue weighted by Crippen LogP contribution is -2.24. The quantitative estimate of drug-likeness (QED) is 0.527. The molecule has 3 heterocycles. The summed E-state index contributed by atoms with van der Waals surface area (Å²) in [7, 11) is 1.29. The number of hydrogen-bond acceptors (Lipinski definition) is 6. The first kappa shape index (κ1) is 18.4. The maximum Gasteiger partial charge on any atom is 0.340 e. The molecule has 1 amide bonds. The van der Waals surface area contributed by atoms with Crippen LogP contribution in [0.15, 0.2) is 56.3 Å². The zero-order chi connectivity index (χ0) is 19.8. The van der Waals surface area contributed by atoms with Crippen LogP contribution in [0.4, 0.5) is 0 Å². The zero-order valence-corrected chi connectivity index (χ0v) is 16.7. The molecule has 144 valence electrons. The summed E-state index contributed by atoms with van der Waals surface area (Å²) in [5.74, 6) is 0.927. The molecule has 0 unspecified atom stereocenters. The molecule has 0 aliphatic carbocycles. The highest BCUT2D eigenvalue weighted by molar-refractivity contribution is 9.10. The van der Waals surface area contributed by atoms with Crippen LogP contribution in [0.3, 0.4) is 0 Å². The van der Waals surface area contributed by atoms with Gasteiger partial charge in [0, 0.05) is 10.2 Å². The normalized spacial score (nSPS) is 17.0. The number of benzene rings is 1. The molecule has 0 saturated carbocycles. The van der Waals surface area contributed by atoms with Gasteiger partial charge < -0.3 is 23.5 Å². The molecule has 2 aromatic rings. The molecule has 1 aromatic heterocycles. The number of esters is 1. The van der Waals surface area contributed by atoms with Crippen LogP contribution in [0, 0.1) is 0 Å². The summed E-state index contributed by atoms with van der Waals surface area (Å²) in [5.41, 5.74) is 1.66. The molecule has 28 heavy (non-hydrogen) atoms. The summed E-state index contributed by atoms with van der Waals surface area (Å²) in [6, 6.07) is 7.04. The lowest BCUT2D eigenvalue weighted by atomic mass is 10.0. The highest BCUT2D eigenvalue weighted by Crippen LogP contribution is 2.39. The van der Waals surface area contributed by atoms with Crippen LogP contribution in [0.1, 0.15) is 18.2 Å². The first-order valence-corrected chi connectivity index (χ1v) is 9.23. The Hall–Kier alpha value is -3.00. The Bertz CT molecular complexity index is 1020. The Morgan fingerprint density at radius 1 is 1.32 bits per heavy atom. The van der Waals surface area contributed by atoms with E-state index in [1.54, 1.807) is 37.3 Å². The van der Waals surface area contributed by atoms with Gasteiger partial charge in [-0.25, -0.2) is 4.79 Å². The molecule has 0 spiro atoms. The van der Waals surface area contributed by atoms with Gasteiger partial charge in [-0.3, -0.25) is 4.79 Å². The van der Waals surface area contributed by atoms with Crippen LogP contribution >= 0.6 is 15.9 Å². The van der Waals surface area contributed by atoms with Crippen molar-refractivity contribution in [3.63, 3.8) is 0 Å². The van der Waals surface area contributed by atoms with Gasteiger partial charge in [0.05, 0.1) is 31.1 Å². The van der Waals surface area contributed by atoms with Crippen molar-refractivity contribution in [2.24, 2.45) is 0 Å². The largest absolute Gasteiger partial charge is 0.467 e. The predicted molar refractivity (Wildman–Crippen MR) is 102 cm³/mol. The smallest absolute Gasteiger partial charge is 0.340 e. The Morgan fingerprint density at radius 2 is 2.07 bits per heavy atom. The minimum atomic E-state index is -0.573. The van der Waals surface area contributed by atoms with E-state index in [0.717, 1.165) is 0 Å². The van der Waals surface area contributed by atoms with Crippen LogP contribution in [-0.4, -0.2) is 30.7 Å². The Kier molecular flexibility index (Phi) is 4.72. The number of ether oxygens (including phenoxy) is 3. The molecule has 0 radical (unpaired) electrons. The topological polar surface area (TPSA) is 78.2 Å². The number of methoxy groups -OCH3 is 1. The predicted octanol–water partition coefficient (Wildman–Crippen LogP) is 3.64. The first-order chi connectivity index (χ1) is 13.5. The van der Waals surface area contributed by atoms with E-state index in [0.29, 0.717) is 33.0 Å². The number of rotatable bonds is 4. The highest BCUT2D eigenvalue weighted by Gasteiger charge is 2.37. The number of furan rings is 1. The number of hydrogen-bond donors (Lipinski definition) is 0. The van der Waals surface area contributed by atoms with E-state index in [9.17, 15) is 9.59 Å². The van der Waals surface area contributed by atoms with Crippen molar-refractivity contribution >= 4 is 33.9 Å². The average molecular weight is 446 g/mol. The number of fused-ring (bicyclic) bond motifs is 1. The fourth-order valence-corrected chi connectivity index (χ4v) is 3.61. The van der Waals surface area contributed by atoms with Gasteiger partial charge in [-0.1, -0.05) is 15.9 Å². The molecule has 0 bridgehead atoms. The van der Waals surface area contributed by atoms with Crippen molar-refractivity contribution in [1.82, 2.24) is 4.90 Å². The van der Waals surface area contributed by atoms with Crippen molar-refractivity contribution in [3.05, 3.63) is 63.2 Å². The lowest BCUT2D eigenvalue weighted by Gasteiger charge is -2.16. The number of allylic oxidation sites excluding steroid dienone is 1.